The smallest absolute Gasteiger partial charge is 0.138 e. The lowest BCUT2D eigenvalue weighted by atomic mass is 9.67. The third kappa shape index (κ3) is 2.97. The minimum Gasteiger partial charge on any atom is -0.299 e. The van der Waals surface area contributed by atoms with E-state index in [0.29, 0.717) is 0 Å². The van der Waals surface area contributed by atoms with E-state index in [1.807, 2.05) is 26.0 Å². The second kappa shape index (κ2) is 6.76. The molecule has 0 N–H and O–H groups in total. The normalized spacial score (nSPS) is 20.7. The molecule has 1 fully saturated rings. The number of hydrogen-bond acceptors (Lipinski definition) is 2. The van der Waals surface area contributed by atoms with Crippen LogP contribution in [-0.4, -0.2) is 13.9 Å². The van der Waals surface area contributed by atoms with Gasteiger partial charge in [-0.25, -0.2) is 0 Å². The van der Waals surface area contributed by atoms with Crippen molar-refractivity contribution in [1.29, 1.82) is 5.26 Å². The van der Waals surface area contributed by atoms with Crippen molar-refractivity contribution in [1.82, 2.24) is 0 Å². The number of hydrogen-bond donors (Lipinski definition) is 0. The standard InChI is InChI=1S/C24H29NOSi/c1-23(2,3)27(18-12-8-6-9-13-18,19-14-10-7-11-15-19)21-16-20(22(21)26)24(4,5)17-25/h6-15,20-21H,16H2,1-5H3. The highest BCUT2D eigenvalue weighted by molar-refractivity contribution is 7.07. The summed E-state index contributed by atoms with van der Waals surface area (Å²) in [5, 5.41) is 12.1. The fourth-order valence-electron chi connectivity index (χ4n) is 5.03. The zero-order valence-corrected chi connectivity index (χ0v) is 18.0. The molecular weight excluding hydrogens is 346 g/mol. The van der Waals surface area contributed by atoms with Crippen LogP contribution in [0.1, 0.15) is 41.0 Å². The van der Waals surface area contributed by atoms with Crippen molar-refractivity contribution in [2.75, 3.05) is 0 Å². The predicted molar refractivity (Wildman–Crippen MR) is 114 cm³/mol. The van der Waals surface area contributed by atoms with Gasteiger partial charge >= 0.3 is 0 Å². The zero-order valence-electron chi connectivity index (χ0n) is 17.0. The van der Waals surface area contributed by atoms with Gasteiger partial charge < -0.3 is 0 Å². The molecule has 2 nitrogen and oxygen atoms in total. The van der Waals surface area contributed by atoms with Crippen molar-refractivity contribution < 1.29 is 4.79 Å². The maximum absolute atomic E-state index is 13.5. The van der Waals surface area contributed by atoms with Crippen LogP contribution in [0.2, 0.25) is 10.6 Å². The van der Waals surface area contributed by atoms with Gasteiger partial charge in [-0.15, -0.1) is 0 Å². The Morgan fingerprint density at radius 1 is 0.889 bits per heavy atom. The summed E-state index contributed by atoms with van der Waals surface area (Å²) in [4.78, 5) is 13.5. The molecule has 1 aliphatic rings. The average molecular weight is 376 g/mol. The first-order valence-corrected chi connectivity index (χ1v) is 11.8. The Morgan fingerprint density at radius 3 is 1.67 bits per heavy atom. The zero-order chi connectivity index (χ0) is 19.9. The monoisotopic (exact) mass is 375 g/mol. The lowest BCUT2D eigenvalue weighted by Crippen LogP contribution is -2.72. The Labute approximate surface area is 164 Å². The molecule has 2 aromatic rings. The Kier molecular flexibility index (Phi) is 4.90. The van der Waals surface area contributed by atoms with Gasteiger partial charge in [0.2, 0.25) is 0 Å². The van der Waals surface area contributed by atoms with Gasteiger partial charge in [-0.1, -0.05) is 91.8 Å². The summed E-state index contributed by atoms with van der Waals surface area (Å²) in [6.45, 7) is 10.7. The summed E-state index contributed by atoms with van der Waals surface area (Å²) in [6, 6.07) is 23.6. The number of benzene rings is 2. The van der Waals surface area contributed by atoms with Crippen LogP contribution >= 0.6 is 0 Å². The van der Waals surface area contributed by atoms with E-state index in [-0.39, 0.29) is 22.3 Å². The van der Waals surface area contributed by atoms with Crippen LogP contribution in [0.4, 0.5) is 0 Å². The van der Waals surface area contributed by atoms with Crippen LogP contribution in [0.15, 0.2) is 60.7 Å². The largest absolute Gasteiger partial charge is 0.299 e. The minimum absolute atomic E-state index is 0.0138. The fraction of sp³-hybridized carbons (Fsp3) is 0.417. The van der Waals surface area contributed by atoms with Crippen molar-refractivity contribution in [2.24, 2.45) is 11.3 Å². The van der Waals surface area contributed by atoms with E-state index in [4.69, 9.17) is 0 Å². The van der Waals surface area contributed by atoms with Gasteiger partial charge in [-0.2, -0.15) is 5.26 Å². The van der Waals surface area contributed by atoms with E-state index in [0.717, 1.165) is 6.42 Å². The number of carbonyl (C=O) groups is 1. The van der Waals surface area contributed by atoms with Gasteiger partial charge in [0.1, 0.15) is 13.9 Å². The van der Waals surface area contributed by atoms with E-state index in [9.17, 15) is 10.1 Å². The fourth-order valence-corrected chi connectivity index (χ4v) is 11.6. The van der Waals surface area contributed by atoms with E-state index >= 15 is 0 Å². The molecule has 3 heteroatoms. The molecule has 2 aromatic carbocycles. The third-order valence-electron chi connectivity index (χ3n) is 6.48. The number of ketones is 1. The van der Waals surface area contributed by atoms with Crippen molar-refractivity contribution >= 4 is 24.2 Å². The lowest BCUT2D eigenvalue weighted by Gasteiger charge is -2.55. The summed E-state index contributed by atoms with van der Waals surface area (Å²) in [7, 11) is -2.42. The van der Waals surface area contributed by atoms with E-state index in [2.05, 4.69) is 75.4 Å². The molecule has 0 spiro atoms. The Bertz CT molecular complexity index is 819. The van der Waals surface area contributed by atoms with Crippen LogP contribution in [0.5, 0.6) is 0 Å². The molecule has 2 atom stereocenters. The summed E-state index contributed by atoms with van der Waals surface area (Å²) in [6.07, 6.45) is 0.812. The van der Waals surface area contributed by atoms with Gasteiger partial charge in [0.05, 0.1) is 11.5 Å². The molecular formula is C24H29NOSi. The number of Topliss-reactive ketones (excluding diaryl/α,β-unsaturated/α-hetero) is 1. The molecule has 0 amide bonds. The van der Waals surface area contributed by atoms with Gasteiger partial charge in [-0.05, 0) is 25.3 Å². The highest BCUT2D eigenvalue weighted by atomic mass is 28.3. The molecule has 27 heavy (non-hydrogen) atoms. The van der Waals surface area contributed by atoms with Crippen LogP contribution in [0, 0.1) is 22.7 Å². The van der Waals surface area contributed by atoms with Crippen molar-refractivity contribution in [3.8, 4) is 6.07 Å². The second-order valence-electron chi connectivity index (χ2n) is 9.37. The maximum Gasteiger partial charge on any atom is 0.138 e. The van der Waals surface area contributed by atoms with Crippen LogP contribution < -0.4 is 10.4 Å². The summed E-state index contributed by atoms with van der Waals surface area (Å²) in [5.74, 6) is 0.130. The molecule has 0 aromatic heterocycles. The minimum atomic E-state index is -2.42. The predicted octanol–water partition coefficient (Wildman–Crippen LogP) is 4.56. The highest BCUT2D eigenvalue weighted by Crippen LogP contribution is 2.55. The molecule has 0 heterocycles. The number of nitrogens with zero attached hydrogens (tertiary/aromatic N) is 1. The van der Waals surface area contributed by atoms with Gasteiger partial charge in [0, 0.05) is 11.5 Å². The first-order valence-electron chi connectivity index (χ1n) is 9.72. The van der Waals surface area contributed by atoms with Gasteiger partial charge in [0.15, 0.2) is 0 Å². The van der Waals surface area contributed by atoms with Crippen LogP contribution in [0.25, 0.3) is 0 Å². The van der Waals surface area contributed by atoms with E-state index in [1.54, 1.807) is 0 Å². The van der Waals surface area contributed by atoms with Crippen molar-refractivity contribution in [3.63, 3.8) is 0 Å². The Hall–Kier alpha value is -2.18. The summed E-state index contributed by atoms with van der Waals surface area (Å²) in [5.41, 5.74) is -0.584. The number of nitriles is 1. The van der Waals surface area contributed by atoms with Gasteiger partial charge in [0.25, 0.3) is 0 Å². The molecule has 0 radical (unpaired) electrons. The lowest BCUT2D eigenvalue weighted by molar-refractivity contribution is -0.132. The first-order chi connectivity index (χ1) is 12.7. The van der Waals surface area contributed by atoms with Crippen LogP contribution in [0.3, 0.4) is 0 Å². The Balaban J connectivity index is 2.21. The van der Waals surface area contributed by atoms with E-state index in [1.165, 1.54) is 10.4 Å². The molecule has 1 saturated carbocycles. The second-order valence-corrected chi connectivity index (χ2v) is 14.3. The molecule has 0 aliphatic heterocycles. The quantitative estimate of drug-likeness (QED) is 0.735. The molecule has 1 aliphatic carbocycles. The topological polar surface area (TPSA) is 40.9 Å². The molecule has 0 bridgehead atoms. The van der Waals surface area contributed by atoms with E-state index < -0.39 is 13.5 Å². The number of carbonyl (C=O) groups excluding carboxylic acids is 1. The maximum atomic E-state index is 13.5. The third-order valence-corrected chi connectivity index (χ3v) is 12.9. The van der Waals surface area contributed by atoms with Gasteiger partial charge in [-0.3, -0.25) is 4.79 Å². The summed E-state index contributed by atoms with van der Waals surface area (Å²) < 4.78 is 0. The first kappa shape index (κ1) is 19.6. The number of rotatable bonds is 4. The average Bonchev–Trinajstić information content (AvgIpc) is 2.64. The molecule has 3 rings (SSSR count). The van der Waals surface area contributed by atoms with Crippen LogP contribution in [-0.2, 0) is 4.79 Å². The molecule has 2 unspecified atom stereocenters. The summed E-state index contributed by atoms with van der Waals surface area (Å²) >= 11 is 0. The van der Waals surface area contributed by atoms with Crippen molar-refractivity contribution in [3.05, 3.63) is 60.7 Å². The SMILES string of the molecule is CC(C)(C#N)C1CC([Si](c2ccccc2)(c2ccccc2)C(C)(C)C)C1=O. The molecule has 0 saturated heterocycles. The molecule has 140 valence electrons. The van der Waals surface area contributed by atoms with Crippen molar-refractivity contribution in [2.45, 2.75) is 51.6 Å². The Morgan fingerprint density at radius 2 is 1.33 bits per heavy atom. The highest BCUT2D eigenvalue weighted by Gasteiger charge is 2.62.